The largest absolute Gasteiger partial charge is 0.458 e. The molecule has 1 aromatic carbocycles. The summed E-state index contributed by atoms with van der Waals surface area (Å²) in [6.07, 6.45) is 13.6. The number of hydrogen-bond donors (Lipinski definition) is 0. The van der Waals surface area contributed by atoms with Crippen molar-refractivity contribution in [1.29, 1.82) is 0 Å². The average Bonchev–Trinajstić information content (AvgIpc) is 3.52. The molecule has 5 fully saturated rings. The third-order valence-electron chi connectivity index (χ3n) is 12.3. The van der Waals surface area contributed by atoms with E-state index in [4.69, 9.17) is 14.2 Å². The maximum Gasteiger partial charge on any atom is 0.338 e. The van der Waals surface area contributed by atoms with Crippen molar-refractivity contribution < 1.29 is 19.0 Å². The fourth-order valence-electron chi connectivity index (χ4n) is 10.4. The van der Waals surface area contributed by atoms with Gasteiger partial charge in [-0.25, -0.2) is 4.79 Å². The van der Waals surface area contributed by atoms with Gasteiger partial charge in [0, 0.05) is 18.8 Å². The van der Waals surface area contributed by atoms with Crippen LogP contribution in [0.2, 0.25) is 0 Å². The molecule has 4 unspecified atom stereocenters. The minimum absolute atomic E-state index is 0.0332. The number of allylic oxidation sites excluding steroid dienone is 1. The molecule has 4 aliphatic carbocycles. The van der Waals surface area contributed by atoms with Crippen LogP contribution in [0.15, 0.2) is 43.0 Å². The molecule has 4 saturated carbocycles. The molecule has 5 aliphatic rings. The minimum atomic E-state index is -0.410. The van der Waals surface area contributed by atoms with Gasteiger partial charge in [0.15, 0.2) is 5.79 Å². The third kappa shape index (κ3) is 4.29. The van der Waals surface area contributed by atoms with Crippen LogP contribution in [0.4, 0.5) is 0 Å². The first kappa shape index (κ1) is 26.6. The third-order valence-corrected chi connectivity index (χ3v) is 12.3. The second-order valence-electron chi connectivity index (χ2n) is 13.9. The van der Waals surface area contributed by atoms with Crippen molar-refractivity contribution >= 4 is 5.97 Å². The molecule has 0 N–H and O–H groups in total. The Morgan fingerprint density at radius 3 is 2.53 bits per heavy atom. The van der Waals surface area contributed by atoms with Gasteiger partial charge in [0.05, 0.1) is 18.8 Å². The number of ether oxygens (including phenoxy) is 3. The standard InChI is InChI=1S/C34H48O4/c1-5-6-10-23(2)26-13-14-27-30-28(15-16-33(26,27)4)32(3)17-18-34(36-19-20-37-34)22-25(32)21-29(30)38-31(35)24-11-8-7-9-12-24/h5,7-9,11-12,23,25-30H,1,6,10,13-22H2,2-4H3/t23-,25+,26-,27?,28?,29?,30?,32+,33-/m1/s1. The first-order valence-corrected chi connectivity index (χ1v) is 15.4. The van der Waals surface area contributed by atoms with Crippen LogP contribution < -0.4 is 0 Å². The molecule has 0 amide bonds. The Morgan fingerprint density at radius 1 is 1.05 bits per heavy atom. The predicted octanol–water partition coefficient (Wildman–Crippen LogP) is 7.83. The molecule has 4 heteroatoms. The molecule has 1 aliphatic heterocycles. The maximum absolute atomic E-state index is 13.5. The zero-order valence-electron chi connectivity index (χ0n) is 23.8. The second-order valence-corrected chi connectivity index (χ2v) is 13.9. The molecule has 1 saturated heterocycles. The lowest BCUT2D eigenvalue weighted by Gasteiger charge is -2.63. The number of carbonyl (C=O) groups excluding carboxylic acids is 1. The van der Waals surface area contributed by atoms with Crippen LogP contribution in [0.5, 0.6) is 0 Å². The zero-order valence-corrected chi connectivity index (χ0v) is 23.8. The molecule has 4 nitrogen and oxygen atoms in total. The number of hydrogen-bond acceptors (Lipinski definition) is 4. The first-order valence-electron chi connectivity index (χ1n) is 15.4. The molecule has 208 valence electrons. The molecule has 0 aromatic heterocycles. The Bertz CT molecular complexity index is 1010. The fraction of sp³-hybridized carbons (Fsp3) is 0.735. The summed E-state index contributed by atoms with van der Waals surface area (Å²) in [5, 5.41) is 0. The Morgan fingerprint density at radius 2 is 1.79 bits per heavy atom. The van der Waals surface area contributed by atoms with Crippen LogP contribution in [-0.4, -0.2) is 31.1 Å². The van der Waals surface area contributed by atoms with Crippen molar-refractivity contribution in [2.24, 2.45) is 46.3 Å². The first-order chi connectivity index (χ1) is 18.3. The van der Waals surface area contributed by atoms with E-state index in [1.165, 1.54) is 32.1 Å². The van der Waals surface area contributed by atoms with Crippen molar-refractivity contribution in [3.8, 4) is 0 Å². The predicted molar refractivity (Wildman–Crippen MR) is 149 cm³/mol. The minimum Gasteiger partial charge on any atom is -0.458 e. The molecule has 38 heavy (non-hydrogen) atoms. The van der Waals surface area contributed by atoms with Gasteiger partial charge < -0.3 is 14.2 Å². The van der Waals surface area contributed by atoms with Crippen LogP contribution in [0, 0.1) is 46.3 Å². The molecular formula is C34H48O4. The quantitative estimate of drug-likeness (QED) is 0.283. The summed E-state index contributed by atoms with van der Waals surface area (Å²) in [6.45, 7) is 13.0. The van der Waals surface area contributed by atoms with Gasteiger partial charge in [-0.05, 0) is 104 Å². The number of fused-ring (bicyclic) bond motifs is 5. The number of benzene rings is 1. The Labute approximate surface area is 229 Å². The number of esters is 1. The highest BCUT2D eigenvalue weighted by atomic mass is 16.7. The molecular weight excluding hydrogens is 472 g/mol. The molecule has 0 radical (unpaired) electrons. The molecule has 0 bridgehead atoms. The monoisotopic (exact) mass is 520 g/mol. The highest BCUT2D eigenvalue weighted by Crippen LogP contribution is 2.69. The smallest absolute Gasteiger partial charge is 0.338 e. The lowest BCUT2D eigenvalue weighted by Crippen LogP contribution is -2.60. The van der Waals surface area contributed by atoms with E-state index in [0.717, 1.165) is 38.0 Å². The second kappa shape index (κ2) is 10.1. The van der Waals surface area contributed by atoms with E-state index >= 15 is 0 Å². The van der Waals surface area contributed by atoms with E-state index in [1.807, 2.05) is 30.3 Å². The number of carbonyl (C=O) groups is 1. The molecule has 1 spiro atoms. The van der Waals surface area contributed by atoms with Crippen LogP contribution in [-0.2, 0) is 14.2 Å². The van der Waals surface area contributed by atoms with Crippen molar-refractivity contribution in [3.63, 3.8) is 0 Å². The van der Waals surface area contributed by atoms with E-state index in [-0.39, 0.29) is 17.5 Å². The Kier molecular flexibility index (Phi) is 7.04. The van der Waals surface area contributed by atoms with E-state index in [2.05, 4.69) is 33.4 Å². The zero-order chi connectivity index (χ0) is 26.5. The van der Waals surface area contributed by atoms with Crippen LogP contribution >= 0.6 is 0 Å². The van der Waals surface area contributed by atoms with E-state index in [9.17, 15) is 4.79 Å². The van der Waals surface area contributed by atoms with Crippen molar-refractivity contribution in [3.05, 3.63) is 48.6 Å². The fourth-order valence-corrected chi connectivity index (χ4v) is 10.4. The maximum atomic E-state index is 13.5. The van der Waals surface area contributed by atoms with Crippen molar-refractivity contribution in [2.45, 2.75) is 96.9 Å². The topological polar surface area (TPSA) is 44.8 Å². The molecule has 1 aromatic rings. The summed E-state index contributed by atoms with van der Waals surface area (Å²) in [4.78, 5) is 13.5. The van der Waals surface area contributed by atoms with Crippen LogP contribution in [0.3, 0.4) is 0 Å². The van der Waals surface area contributed by atoms with Gasteiger partial charge in [0.2, 0.25) is 0 Å². The van der Waals surface area contributed by atoms with E-state index < -0.39 is 5.79 Å². The van der Waals surface area contributed by atoms with Crippen molar-refractivity contribution in [2.75, 3.05) is 13.2 Å². The molecule has 9 atom stereocenters. The van der Waals surface area contributed by atoms with Gasteiger partial charge in [-0.1, -0.05) is 45.0 Å². The van der Waals surface area contributed by atoms with Gasteiger partial charge in [-0.2, -0.15) is 0 Å². The highest BCUT2D eigenvalue weighted by Gasteiger charge is 2.65. The van der Waals surface area contributed by atoms with Crippen LogP contribution in [0.25, 0.3) is 0 Å². The van der Waals surface area contributed by atoms with Gasteiger partial charge in [-0.15, -0.1) is 6.58 Å². The van der Waals surface area contributed by atoms with Crippen molar-refractivity contribution in [1.82, 2.24) is 0 Å². The molecule has 1 heterocycles. The van der Waals surface area contributed by atoms with Gasteiger partial charge in [0.1, 0.15) is 6.10 Å². The van der Waals surface area contributed by atoms with E-state index in [0.29, 0.717) is 53.8 Å². The Hall–Kier alpha value is -1.65. The summed E-state index contributed by atoms with van der Waals surface area (Å²) in [6, 6.07) is 9.60. The SMILES string of the molecule is C=CCC[C@@H](C)[C@H]1CCC2C3C(OC(=O)c4ccccc4)C[C@H]4CC5(CC[C@]4(C)C3CC[C@@]21C)OCCO5. The lowest BCUT2D eigenvalue weighted by atomic mass is 9.43. The van der Waals surface area contributed by atoms with Gasteiger partial charge in [0.25, 0.3) is 0 Å². The van der Waals surface area contributed by atoms with E-state index in [1.54, 1.807) is 0 Å². The summed E-state index contributed by atoms with van der Waals surface area (Å²) < 4.78 is 19.0. The lowest BCUT2D eigenvalue weighted by molar-refractivity contribution is -0.242. The Balaban J connectivity index is 1.32. The summed E-state index contributed by atoms with van der Waals surface area (Å²) in [7, 11) is 0. The highest BCUT2D eigenvalue weighted by molar-refractivity contribution is 5.89. The molecule has 6 rings (SSSR count). The number of rotatable bonds is 6. The van der Waals surface area contributed by atoms with Crippen LogP contribution in [0.1, 0.15) is 95.3 Å². The summed E-state index contributed by atoms with van der Waals surface area (Å²) >= 11 is 0. The average molecular weight is 521 g/mol. The summed E-state index contributed by atoms with van der Waals surface area (Å²) in [5.74, 6) is 3.01. The van der Waals surface area contributed by atoms with Gasteiger partial charge >= 0.3 is 5.97 Å². The summed E-state index contributed by atoms with van der Waals surface area (Å²) in [5.41, 5.74) is 1.26. The normalized spacial score (nSPS) is 42.1. The van der Waals surface area contributed by atoms with Gasteiger partial charge in [-0.3, -0.25) is 0 Å².